The fraction of sp³-hybridized carbons (Fsp3) is 0.316. The summed E-state index contributed by atoms with van der Waals surface area (Å²) in [5.41, 5.74) is 1.01. The molecule has 1 fully saturated rings. The molecule has 0 heterocycles. The van der Waals surface area contributed by atoms with E-state index < -0.39 is 5.60 Å². The molecule has 24 heavy (non-hydrogen) atoms. The van der Waals surface area contributed by atoms with Crippen molar-refractivity contribution in [2.24, 2.45) is 0 Å². The van der Waals surface area contributed by atoms with E-state index in [-0.39, 0.29) is 6.03 Å². The van der Waals surface area contributed by atoms with Gasteiger partial charge in [0.2, 0.25) is 0 Å². The largest absolute Gasteiger partial charge is 0.489 e. The number of benzene rings is 2. The smallest absolute Gasteiger partial charge is 0.319 e. The minimum absolute atomic E-state index is 0.293. The second-order valence-electron chi connectivity index (χ2n) is 6.18. The topological polar surface area (TPSA) is 70.6 Å². The number of aliphatic hydroxyl groups is 1. The van der Waals surface area contributed by atoms with E-state index in [1.807, 2.05) is 54.6 Å². The summed E-state index contributed by atoms with van der Waals surface area (Å²) in [4.78, 5) is 11.8. The molecule has 5 heteroatoms. The number of amides is 2. The summed E-state index contributed by atoms with van der Waals surface area (Å²) in [7, 11) is 0. The zero-order valence-electron chi connectivity index (χ0n) is 13.5. The van der Waals surface area contributed by atoms with Crippen LogP contribution < -0.4 is 15.4 Å². The van der Waals surface area contributed by atoms with Gasteiger partial charge in [-0.25, -0.2) is 4.79 Å². The Hall–Kier alpha value is -2.53. The van der Waals surface area contributed by atoms with Crippen LogP contribution in [0.1, 0.15) is 24.8 Å². The number of rotatable bonds is 6. The highest BCUT2D eigenvalue weighted by atomic mass is 16.5. The average Bonchev–Trinajstić information content (AvgIpc) is 2.59. The van der Waals surface area contributed by atoms with Gasteiger partial charge in [-0.15, -0.1) is 0 Å². The van der Waals surface area contributed by atoms with E-state index in [0.717, 1.165) is 30.6 Å². The van der Waals surface area contributed by atoms with Crippen molar-refractivity contribution in [1.29, 1.82) is 0 Å². The van der Waals surface area contributed by atoms with E-state index in [4.69, 9.17) is 4.74 Å². The van der Waals surface area contributed by atoms with E-state index >= 15 is 0 Å². The van der Waals surface area contributed by atoms with Crippen LogP contribution in [-0.4, -0.2) is 23.3 Å². The Labute approximate surface area is 141 Å². The Morgan fingerprint density at radius 1 is 1.08 bits per heavy atom. The Kier molecular flexibility index (Phi) is 5.01. The maximum atomic E-state index is 11.8. The van der Waals surface area contributed by atoms with Gasteiger partial charge in [-0.3, -0.25) is 0 Å². The molecule has 5 nitrogen and oxygen atoms in total. The number of hydrogen-bond acceptors (Lipinski definition) is 3. The molecule has 2 aromatic carbocycles. The van der Waals surface area contributed by atoms with Crippen molar-refractivity contribution in [2.45, 2.75) is 31.5 Å². The summed E-state index contributed by atoms with van der Waals surface area (Å²) in [5, 5.41) is 15.4. The van der Waals surface area contributed by atoms with Crippen molar-refractivity contribution < 1.29 is 14.6 Å². The van der Waals surface area contributed by atoms with E-state index in [9.17, 15) is 9.90 Å². The Morgan fingerprint density at radius 2 is 1.79 bits per heavy atom. The molecule has 0 aliphatic heterocycles. The molecule has 0 radical (unpaired) electrons. The number of nitrogens with one attached hydrogen (secondary N) is 2. The molecule has 0 spiro atoms. The van der Waals surface area contributed by atoms with Crippen LogP contribution in [0, 0.1) is 0 Å². The van der Waals surface area contributed by atoms with Gasteiger partial charge in [-0.1, -0.05) is 30.3 Å². The first kappa shape index (κ1) is 16.3. The molecule has 2 aromatic rings. The molecule has 0 unspecified atom stereocenters. The van der Waals surface area contributed by atoms with Gasteiger partial charge >= 0.3 is 6.03 Å². The summed E-state index contributed by atoms with van der Waals surface area (Å²) in [6, 6.07) is 16.8. The zero-order chi connectivity index (χ0) is 16.8. The van der Waals surface area contributed by atoms with Crippen LogP contribution >= 0.6 is 0 Å². The predicted molar refractivity (Wildman–Crippen MR) is 93.0 cm³/mol. The minimum atomic E-state index is -0.712. The van der Waals surface area contributed by atoms with Gasteiger partial charge in [-0.05, 0) is 49.1 Å². The maximum absolute atomic E-state index is 11.8. The van der Waals surface area contributed by atoms with E-state index in [1.165, 1.54) is 0 Å². The van der Waals surface area contributed by atoms with Crippen molar-refractivity contribution >= 4 is 11.7 Å². The van der Waals surface area contributed by atoms with Crippen LogP contribution in [0.15, 0.2) is 54.6 Å². The monoisotopic (exact) mass is 326 g/mol. The van der Waals surface area contributed by atoms with Gasteiger partial charge in [-0.2, -0.15) is 0 Å². The molecule has 2 amide bonds. The molecule has 126 valence electrons. The van der Waals surface area contributed by atoms with Crippen molar-refractivity contribution in [2.75, 3.05) is 11.9 Å². The lowest BCUT2D eigenvalue weighted by Gasteiger charge is -2.36. The van der Waals surface area contributed by atoms with Crippen molar-refractivity contribution in [3.05, 3.63) is 60.2 Å². The molecule has 1 aliphatic carbocycles. The first-order valence-corrected chi connectivity index (χ1v) is 8.17. The summed E-state index contributed by atoms with van der Waals surface area (Å²) >= 11 is 0. The first-order valence-electron chi connectivity index (χ1n) is 8.17. The Balaban J connectivity index is 1.44. The van der Waals surface area contributed by atoms with Crippen LogP contribution in [0.5, 0.6) is 5.75 Å². The number of para-hydroxylation sites is 1. The number of hydrogen-bond donors (Lipinski definition) is 3. The highest BCUT2D eigenvalue weighted by molar-refractivity contribution is 5.89. The number of carbonyl (C=O) groups is 1. The minimum Gasteiger partial charge on any atom is -0.489 e. The van der Waals surface area contributed by atoms with Crippen molar-refractivity contribution in [3.63, 3.8) is 0 Å². The second-order valence-corrected chi connectivity index (χ2v) is 6.18. The van der Waals surface area contributed by atoms with Gasteiger partial charge in [0.25, 0.3) is 0 Å². The van der Waals surface area contributed by atoms with Crippen LogP contribution in [0.2, 0.25) is 0 Å². The van der Waals surface area contributed by atoms with Gasteiger partial charge in [0, 0.05) is 12.2 Å². The number of carbonyl (C=O) groups excluding carboxylic acids is 1. The molecule has 0 atom stereocenters. The second kappa shape index (κ2) is 7.36. The van der Waals surface area contributed by atoms with Gasteiger partial charge < -0.3 is 20.5 Å². The SMILES string of the molecule is O=C(NCC1(O)CCC1)Nc1ccc(COc2ccccc2)cc1. The molecule has 1 saturated carbocycles. The van der Waals surface area contributed by atoms with Crippen LogP contribution in [0.25, 0.3) is 0 Å². The standard InChI is InChI=1S/C19H22N2O3/c22-18(20-14-19(23)11-4-12-19)21-16-9-7-15(8-10-16)13-24-17-5-2-1-3-6-17/h1-3,5-10,23H,4,11-14H2,(H2,20,21,22). The van der Waals surface area contributed by atoms with Gasteiger partial charge in [0.05, 0.1) is 5.60 Å². The number of ether oxygens (including phenoxy) is 1. The Morgan fingerprint density at radius 3 is 2.42 bits per heavy atom. The third kappa shape index (κ3) is 4.49. The zero-order valence-corrected chi connectivity index (χ0v) is 13.5. The lowest BCUT2D eigenvalue weighted by molar-refractivity contribution is -0.0287. The molecule has 0 aromatic heterocycles. The molecular formula is C19H22N2O3. The fourth-order valence-corrected chi connectivity index (χ4v) is 2.55. The first-order chi connectivity index (χ1) is 11.6. The molecule has 3 rings (SSSR count). The van der Waals surface area contributed by atoms with Crippen molar-refractivity contribution in [1.82, 2.24) is 5.32 Å². The highest BCUT2D eigenvalue weighted by Crippen LogP contribution is 2.30. The average molecular weight is 326 g/mol. The number of urea groups is 1. The Bertz CT molecular complexity index is 667. The predicted octanol–water partition coefficient (Wildman–Crippen LogP) is 3.30. The lowest BCUT2D eigenvalue weighted by atomic mass is 9.80. The van der Waals surface area contributed by atoms with E-state index in [0.29, 0.717) is 18.8 Å². The normalized spacial score (nSPS) is 15.2. The summed E-state index contributed by atoms with van der Waals surface area (Å²) in [6.45, 7) is 0.769. The van der Waals surface area contributed by atoms with E-state index in [2.05, 4.69) is 10.6 Å². The highest BCUT2D eigenvalue weighted by Gasteiger charge is 2.34. The third-order valence-corrected chi connectivity index (χ3v) is 4.22. The summed E-state index contributed by atoms with van der Waals surface area (Å²) in [5.74, 6) is 0.827. The van der Waals surface area contributed by atoms with Crippen LogP contribution in [0.3, 0.4) is 0 Å². The van der Waals surface area contributed by atoms with Gasteiger partial charge in [0.1, 0.15) is 12.4 Å². The van der Waals surface area contributed by atoms with Gasteiger partial charge in [0.15, 0.2) is 0 Å². The van der Waals surface area contributed by atoms with Crippen LogP contribution in [-0.2, 0) is 6.61 Å². The van der Waals surface area contributed by atoms with Crippen molar-refractivity contribution in [3.8, 4) is 5.75 Å². The summed E-state index contributed by atoms with van der Waals surface area (Å²) in [6.07, 6.45) is 2.53. The lowest BCUT2D eigenvalue weighted by Crippen LogP contribution is -2.48. The fourth-order valence-electron chi connectivity index (χ4n) is 2.55. The molecule has 1 aliphatic rings. The molecule has 3 N–H and O–H groups in total. The number of anilines is 1. The quantitative estimate of drug-likeness (QED) is 0.763. The molecule has 0 bridgehead atoms. The maximum Gasteiger partial charge on any atom is 0.319 e. The van der Waals surface area contributed by atoms with Crippen LogP contribution in [0.4, 0.5) is 10.5 Å². The summed E-state index contributed by atoms with van der Waals surface area (Å²) < 4.78 is 5.68. The third-order valence-electron chi connectivity index (χ3n) is 4.22. The molecule has 0 saturated heterocycles. The molecular weight excluding hydrogens is 304 g/mol. The van der Waals surface area contributed by atoms with E-state index in [1.54, 1.807) is 0 Å².